The van der Waals surface area contributed by atoms with Crippen LogP contribution in [0.4, 0.5) is 5.69 Å². The Balaban J connectivity index is 1.97. The average molecular weight is 268 g/mol. The number of nitrogens with zero attached hydrogens (tertiary/aromatic N) is 1. The molecule has 1 aromatic heterocycles. The Morgan fingerprint density at radius 3 is 2.95 bits per heavy atom. The first-order valence-corrected chi connectivity index (χ1v) is 6.65. The van der Waals surface area contributed by atoms with Crippen molar-refractivity contribution >= 4 is 16.8 Å². The molecule has 0 aliphatic heterocycles. The van der Waals surface area contributed by atoms with Gasteiger partial charge in [-0.15, -0.1) is 0 Å². The molecule has 2 N–H and O–H groups in total. The monoisotopic (exact) mass is 268 g/mol. The molecule has 20 heavy (non-hydrogen) atoms. The number of hydrogen-bond acceptors (Lipinski definition) is 4. The molecule has 0 spiro atoms. The maximum atomic E-state index is 5.75. The second kappa shape index (κ2) is 5.25. The van der Waals surface area contributed by atoms with Crippen LogP contribution in [0.2, 0.25) is 0 Å². The van der Waals surface area contributed by atoms with Gasteiger partial charge < -0.3 is 14.9 Å². The summed E-state index contributed by atoms with van der Waals surface area (Å²) in [5.74, 6) is 1.40. The lowest BCUT2D eigenvalue weighted by molar-refractivity contribution is 0.317. The number of ether oxygens (including phenoxy) is 1. The minimum absolute atomic E-state index is 0.576. The summed E-state index contributed by atoms with van der Waals surface area (Å²) >= 11 is 0. The fourth-order valence-electron chi connectivity index (χ4n) is 2.00. The predicted molar refractivity (Wildman–Crippen MR) is 79.6 cm³/mol. The van der Waals surface area contributed by atoms with E-state index in [1.54, 1.807) is 6.07 Å². The van der Waals surface area contributed by atoms with E-state index < -0.39 is 0 Å². The van der Waals surface area contributed by atoms with Crippen molar-refractivity contribution in [1.82, 2.24) is 4.98 Å². The highest BCUT2D eigenvalue weighted by atomic mass is 16.5. The number of oxazole rings is 1. The lowest BCUT2D eigenvalue weighted by Gasteiger charge is -2.04. The summed E-state index contributed by atoms with van der Waals surface area (Å²) in [6.07, 6.45) is 0.979. The average Bonchev–Trinajstić information content (AvgIpc) is 2.88. The van der Waals surface area contributed by atoms with Crippen LogP contribution in [0, 0.1) is 0 Å². The Bertz CT molecular complexity index is 734. The fraction of sp³-hybridized carbons (Fsp3) is 0.188. The van der Waals surface area contributed by atoms with Crippen molar-refractivity contribution in [2.24, 2.45) is 0 Å². The molecule has 0 radical (unpaired) electrons. The summed E-state index contributed by atoms with van der Waals surface area (Å²) in [5.41, 5.74) is 8.80. The van der Waals surface area contributed by atoms with Crippen LogP contribution in [0.15, 0.2) is 46.9 Å². The normalized spacial score (nSPS) is 10.8. The largest absolute Gasteiger partial charge is 0.494 e. The third kappa shape index (κ3) is 2.45. The Kier molecular flexibility index (Phi) is 3.29. The van der Waals surface area contributed by atoms with Crippen molar-refractivity contribution in [2.45, 2.75) is 13.3 Å². The van der Waals surface area contributed by atoms with E-state index in [4.69, 9.17) is 14.9 Å². The van der Waals surface area contributed by atoms with Gasteiger partial charge in [-0.05, 0) is 36.8 Å². The lowest BCUT2D eigenvalue weighted by Crippen LogP contribution is -1.94. The third-order valence-corrected chi connectivity index (χ3v) is 2.97. The zero-order valence-electron chi connectivity index (χ0n) is 11.3. The quantitative estimate of drug-likeness (QED) is 0.730. The van der Waals surface area contributed by atoms with Gasteiger partial charge in [0.15, 0.2) is 5.58 Å². The van der Waals surface area contributed by atoms with Gasteiger partial charge in [0.1, 0.15) is 11.3 Å². The van der Waals surface area contributed by atoms with E-state index in [2.05, 4.69) is 11.9 Å². The molecule has 0 saturated carbocycles. The van der Waals surface area contributed by atoms with Gasteiger partial charge in [-0.3, -0.25) is 0 Å². The molecule has 0 bridgehead atoms. The van der Waals surface area contributed by atoms with Crippen molar-refractivity contribution in [3.63, 3.8) is 0 Å². The van der Waals surface area contributed by atoms with Crippen LogP contribution in [0.5, 0.6) is 5.75 Å². The highest BCUT2D eigenvalue weighted by molar-refractivity contribution is 5.79. The minimum Gasteiger partial charge on any atom is -0.494 e. The molecule has 0 unspecified atom stereocenters. The number of fused-ring (bicyclic) bond motifs is 1. The molecule has 0 aliphatic carbocycles. The van der Waals surface area contributed by atoms with Gasteiger partial charge in [0, 0.05) is 17.3 Å². The van der Waals surface area contributed by atoms with E-state index in [0.29, 0.717) is 23.8 Å². The molecule has 0 fully saturated rings. The van der Waals surface area contributed by atoms with E-state index in [1.165, 1.54) is 0 Å². The standard InChI is InChI=1S/C16H16N2O2/c1-2-8-19-13-5-3-4-11(9-13)16-18-14-7-6-12(17)10-15(14)20-16/h3-7,9-10H,2,8,17H2,1H3. The Hall–Kier alpha value is -2.49. The molecular formula is C16H16N2O2. The number of aromatic nitrogens is 1. The van der Waals surface area contributed by atoms with Crippen molar-refractivity contribution in [1.29, 1.82) is 0 Å². The van der Waals surface area contributed by atoms with Gasteiger partial charge in [0.2, 0.25) is 5.89 Å². The van der Waals surface area contributed by atoms with Gasteiger partial charge >= 0.3 is 0 Å². The minimum atomic E-state index is 0.576. The molecule has 0 saturated heterocycles. The van der Waals surface area contributed by atoms with Crippen LogP contribution in [0.3, 0.4) is 0 Å². The van der Waals surface area contributed by atoms with Crippen molar-refractivity contribution in [3.05, 3.63) is 42.5 Å². The molecule has 0 amide bonds. The topological polar surface area (TPSA) is 61.3 Å². The van der Waals surface area contributed by atoms with E-state index in [-0.39, 0.29) is 0 Å². The molecule has 102 valence electrons. The van der Waals surface area contributed by atoms with E-state index >= 15 is 0 Å². The molecule has 4 nitrogen and oxygen atoms in total. The van der Waals surface area contributed by atoms with Gasteiger partial charge in [0.05, 0.1) is 6.61 Å². The summed E-state index contributed by atoms with van der Waals surface area (Å²) in [6, 6.07) is 13.2. The maximum absolute atomic E-state index is 5.75. The number of nitrogen functional groups attached to an aromatic ring is 1. The molecule has 3 aromatic rings. The van der Waals surface area contributed by atoms with Crippen LogP contribution < -0.4 is 10.5 Å². The zero-order valence-corrected chi connectivity index (χ0v) is 11.3. The van der Waals surface area contributed by atoms with Crippen LogP contribution in [-0.2, 0) is 0 Å². The molecule has 3 rings (SSSR count). The van der Waals surface area contributed by atoms with Crippen LogP contribution in [0.1, 0.15) is 13.3 Å². The first kappa shape index (κ1) is 12.5. The Morgan fingerprint density at radius 1 is 1.20 bits per heavy atom. The van der Waals surface area contributed by atoms with Crippen molar-refractivity contribution in [2.75, 3.05) is 12.3 Å². The summed E-state index contributed by atoms with van der Waals surface area (Å²) in [5, 5.41) is 0. The van der Waals surface area contributed by atoms with Gasteiger partial charge in [-0.1, -0.05) is 13.0 Å². The number of benzene rings is 2. The van der Waals surface area contributed by atoms with Crippen molar-refractivity contribution in [3.8, 4) is 17.2 Å². The number of nitrogens with two attached hydrogens (primary N) is 1. The number of rotatable bonds is 4. The summed E-state index contributed by atoms with van der Waals surface area (Å²) in [7, 11) is 0. The molecule has 0 aliphatic rings. The Morgan fingerprint density at radius 2 is 2.10 bits per heavy atom. The summed E-state index contributed by atoms with van der Waals surface area (Å²) in [6.45, 7) is 2.78. The highest BCUT2D eigenvalue weighted by Gasteiger charge is 2.09. The van der Waals surface area contributed by atoms with Gasteiger partial charge in [-0.25, -0.2) is 4.98 Å². The van der Waals surface area contributed by atoms with Crippen LogP contribution >= 0.6 is 0 Å². The number of hydrogen-bond donors (Lipinski definition) is 1. The number of anilines is 1. The van der Waals surface area contributed by atoms with Gasteiger partial charge in [-0.2, -0.15) is 0 Å². The molecule has 4 heteroatoms. The van der Waals surface area contributed by atoms with Crippen LogP contribution in [-0.4, -0.2) is 11.6 Å². The second-order valence-electron chi connectivity index (χ2n) is 4.62. The fourth-order valence-corrected chi connectivity index (χ4v) is 2.00. The first-order chi connectivity index (χ1) is 9.76. The summed E-state index contributed by atoms with van der Waals surface area (Å²) < 4.78 is 11.4. The second-order valence-corrected chi connectivity index (χ2v) is 4.62. The maximum Gasteiger partial charge on any atom is 0.227 e. The highest BCUT2D eigenvalue weighted by Crippen LogP contribution is 2.27. The van der Waals surface area contributed by atoms with E-state index in [9.17, 15) is 0 Å². The van der Waals surface area contributed by atoms with Gasteiger partial charge in [0.25, 0.3) is 0 Å². The van der Waals surface area contributed by atoms with Crippen LogP contribution in [0.25, 0.3) is 22.6 Å². The molecule has 0 atom stereocenters. The van der Waals surface area contributed by atoms with E-state index in [0.717, 1.165) is 23.3 Å². The molecule has 1 heterocycles. The Labute approximate surface area is 117 Å². The van der Waals surface area contributed by atoms with E-state index in [1.807, 2.05) is 36.4 Å². The predicted octanol–water partition coefficient (Wildman–Crippen LogP) is 3.87. The lowest BCUT2D eigenvalue weighted by atomic mass is 10.2. The third-order valence-electron chi connectivity index (χ3n) is 2.97. The smallest absolute Gasteiger partial charge is 0.227 e. The summed E-state index contributed by atoms with van der Waals surface area (Å²) in [4.78, 5) is 4.47. The molecular weight excluding hydrogens is 252 g/mol. The first-order valence-electron chi connectivity index (χ1n) is 6.65. The zero-order chi connectivity index (χ0) is 13.9. The SMILES string of the molecule is CCCOc1cccc(-c2nc3ccc(N)cc3o2)c1. The van der Waals surface area contributed by atoms with Crippen molar-refractivity contribution < 1.29 is 9.15 Å². The molecule has 2 aromatic carbocycles.